The molecule has 0 aliphatic carbocycles. The largest absolute Gasteiger partial charge is 0.506 e. The van der Waals surface area contributed by atoms with Crippen LogP contribution in [-0.2, 0) is 0 Å². The van der Waals surface area contributed by atoms with Crippen LogP contribution >= 0.6 is 31.9 Å². The molecule has 0 saturated carbocycles. The van der Waals surface area contributed by atoms with Crippen LogP contribution in [0, 0.1) is 17.0 Å². The number of benzene rings is 2. The monoisotopic (exact) mass is 428 g/mol. The number of hydrogen-bond acceptors (Lipinski definition) is 5. The molecule has 0 radical (unpaired) electrons. The number of nitro groups is 1. The number of aryl methyl sites for hydroxylation is 1. The summed E-state index contributed by atoms with van der Waals surface area (Å²) < 4.78 is 0.905. The number of nitrogens with zero attached hydrogens (tertiary/aromatic N) is 2. The van der Waals surface area contributed by atoms with E-state index in [1.54, 1.807) is 25.1 Å². The minimum absolute atomic E-state index is 0.0491. The zero-order valence-corrected chi connectivity index (χ0v) is 14.4. The molecule has 2 rings (SSSR count). The summed E-state index contributed by atoms with van der Waals surface area (Å²) >= 11 is 6.37. The van der Waals surface area contributed by atoms with Crippen molar-refractivity contribution >= 4 is 49.4 Å². The Balaban J connectivity index is 2.45. The fraction of sp³-hybridized carbons (Fsp3) is 0.0714. The standard InChI is InChI=1S/C14H10Br2N2O4/c1-7-2-8(13(19)12(3-7)18(21)22)6-17-9-4-10(15)14(20)11(16)5-9/h2-6,19-20H,1H3. The van der Waals surface area contributed by atoms with Crippen molar-refractivity contribution in [1.82, 2.24) is 0 Å². The van der Waals surface area contributed by atoms with Gasteiger partial charge in [-0.25, -0.2) is 0 Å². The van der Waals surface area contributed by atoms with Crippen LogP contribution in [0.1, 0.15) is 11.1 Å². The average molecular weight is 430 g/mol. The molecular formula is C14H10Br2N2O4. The average Bonchev–Trinajstić information content (AvgIpc) is 2.44. The summed E-state index contributed by atoms with van der Waals surface area (Å²) in [5, 5.41) is 30.4. The second-order valence-corrected chi connectivity index (χ2v) is 6.20. The van der Waals surface area contributed by atoms with Crippen molar-refractivity contribution in [3.8, 4) is 11.5 Å². The molecule has 0 spiro atoms. The van der Waals surface area contributed by atoms with Gasteiger partial charge in [-0.3, -0.25) is 15.1 Å². The van der Waals surface area contributed by atoms with E-state index in [2.05, 4.69) is 36.9 Å². The lowest BCUT2D eigenvalue weighted by Gasteiger charge is -2.04. The predicted molar refractivity (Wildman–Crippen MR) is 90.3 cm³/mol. The van der Waals surface area contributed by atoms with E-state index in [1.165, 1.54) is 12.3 Å². The van der Waals surface area contributed by atoms with Crippen LogP contribution in [-0.4, -0.2) is 21.4 Å². The highest BCUT2D eigenvalue weighted by Gasteiger charge is 2.17. The van der Waals surface area contributed by atoms with E-state index in [0.29, 0.717) is 20.2 Å². The van der Waals surface area contributed by atoms with Crippen LogP contribution in [0.4, 0.5) is 11.4 Å². The Bertz CT molecular complexity index is 768. The van der Waals surface area contributed by atoms with E-state index >= 15 is 0 Å². The third kappa shape index (κ3) is 3.45. The maximum atomic E-state index is 10.9. The third-order valence-corrected chi connectivity index (χ3v) is 4.02. The summed E-state index contributed by atoms with van der Waals surface area (Å²) in [6, 6.07) is 6.05. The number of nitro benzene ring substituents is 1. The summed E-state index contributed by atoms with van der Waals surface area (Å²) in [5.41, 5.74) is 1.01. The number of rotatable bonds is 3. The fourth-order valence-corrected chi connectivity index (χ4v) is 2.96. The molecule has 6 nitrogen and oxygen atoms in total. The number of hydrogen-bond donors (Lipinski definition) is 2. The molecule has 114 valence electrons. The van der Waals surface area contributed by atoms with Crippen molar-refractivity contribution < 1.29 is 15.1 Å². The van der Waals surface area contributed by atoms with Crippen LogP contribution in [0.25, 0.3) is 0 Å². The first-order valence-corrected chi connectivity index (χ1v) is 7.58. The van der Waals surface area contributed by atoms with Gasteiger partial charge in [0.1, 0.15) is 5.75 Å². The smallest absolute Gasteiger partial charge is 0.311 e. The van der Waals surface area contributed by atoms with E-state index < -0.39 is 10.7 Å². The molecule has 0 atom stereocenters. The number of phenolic OH excluding ortho intramolecular Hbond substituents is 2. The quantitative estimate of drug-likeness (QED) is 0.423. The van der Waals surface area contributed by atoms with Gasteiger partial charge in [-0.15, -0.1) is 0 Å². The van der Waals surface area contributed by atoms with Crippen LogP contribution in [0.3, 0.4) is 0 Å². The molecule has 0 bridgehead atoms. The van der Waals surface area contributed by atoms with Gasteiger partial charge in [-0.1, -0.05) is 0 Å². The van der Waals surface area contributed by atoms with Gasteiger partial charge in [0.05, 0.1) is 19.6 Å². The molecule has 2 N–H and O–H groups in total. The maximum absolute atomic E-state index is 10.9. The Labute approximate surface area is 142 Å². The van der Waals surface area contributed by atoms with Crippen molar-refractivity contribution in [2.24, 2.45) is 4.99 Å². The van der Waals surface area contributed by atoms with Gasteiger partial charge in [0, 0.05) is 17.8 Å². The normalized spacial score (nSPS) is 11.0. The molecule has 2 aromatic rings. The summed E-state index contributed by atoms with van der Waals surface area (Å²) in [6.07, 6.45) is 1.33. The highest BCUT2D eigenvalue weighted by molar-refractivity contribution is 9.11. The van der Waals surface area contributed by atoms with Gasteiger partial charge in [0.15, 0.2) is 0 Å². The topological polar surface area (TPSA) is 96.0 Å². The third-order valence-electron chi connectivity index (χ3n) is 2.81. The number of halogens is 2. The molecule has 0 unspecified atom stereocenters. The van der Waals surface area contributed by atoms with Crippen LogP contribution < -0.4 is 0 Å². The van der Waals surface area contributed by atoms with Crippen molar-refractivity contribution in [3.05, 3.63) is 54.5 Å². The van der Waals surface area contributed by atoms with Crippen molar-refractivity contribution in [3.63, 3.8) is 0 Å². The first kappa shape index (κ1) is 16.4. The zero-order valence-electron chi connectivity index (χ0n) is 11.2. The van der Waals surface area contributed by atoms with Gasteiger partial charge in [-0.2, -0.15) is 0 Å². The molecule has 0 amide bonds. The summed E-state index contributed by atoms with van der Waals surface area (Å²) in [6.45, 7) is 1.69. The van der Waals surface area contributed by atoms with Crippen LogP contribution in [0.2, 0.25) is 0 Å². The first-order chi connectivity index (χ1) is 10.3. The van der Waals surface area contributed by atoms with Crippen molar-refractivity contribution in [2.75, 3.05) is 0 Å². The number of aliphatic imine (C=N–C) groups is 1. The predicted octanol–water partition coefficient (Wildman–Crippen LogP) is 4.59. The molecular weight excluding hydrogens is 420 g/mol. The van der Waals surface area contributed by atoms with Gasteiger partial charge in [0.2, 0.25) is 5.75 Å². The van der Waals surface area contributed by atoms with Crippen molar-refractivity contribution in [1.29, 1.82) is 0 Å². The Hall–Kier alpha value is -1.93. The summed E-state index contributed by atoms with van der Waals surface area (Å²) in [7, 11) is 0. The van der Waals surface area contributed by atoms with Gasteiger partial charge in [0.25, 0.3) is 0 Å². The SMILES string of the molecule is Cc1cc(C=Nc2cc(Br)c(O)c(Br)c2)c(O)c([N+](=O)[O-])c1. The fourth-order valence-electron chi connectivity index (χ4n) is 1.80. The minimum atomic E-state index is -0.645. The van der Waals surface area contributed by atoms with Crippen LogP contribution in [0.5, 0.6) is 11.5 Å². The van der Waals surface area contributed by atoms with Gasteiger partial charge in [-0.05, 0) is 62.5 Å². The second kappa shape index (κ2) is 6.45. The van der Waals surface area contributed by atoms with Crippen molar-refractivity contribution in [2.45, 2.75) is 6.92 Å². The molecule has 2 aromatic carbocycles. The number of phenols is 2. The van der Waals surface area contributed by atoms with Gasteiger partial charge < -0.3 is 10.2 Å². The lowest BCUT2D eigenvalue weighted by Crippen LogP contribution is -1.93. The van der Waals surface area contributed by atoms with Crippen LogP contribution in [0.15, 0.2) is 38.2 Å². The number of aromatic hydroxyl groups is 2. The Kier molecular flexibility index (Phi) is 4.82. The highest BCUT2D eigenvalue weighted by Crippen LogP contribution is 2.36. The van der Waals surface area contributed by atoms with Gasteiger partial charge >= 0.3 is 5.69 Å². The molecule has 0 fully saturated rings. The second-order valence-electron chi connectivity index (χ2n) is 4.50. The Morgan fingerprint density at radius 2 is 1.73 bits per heavy atom. The first-order valence-electron chi connectivity index (χ1n) is 5.99. The van der Waals surface area contributed by atoms with E-state index in [-0.39, 0.29) is 17.0 Å². The Morgan fingerprint density at radius 1 is 1.14 bits per heavy atom. The lowest BCUT2D eigenvalue weighted by molar-refractivity contribution is -0.385. The van der Waals surface area contributed by atoms with E-state index in [0.717, 1.165) is 0 Å². The summed E-state index contributed by atoms with van der Waals surface area (Å²) in [4.78, 5) is 14.4. The molecule has 0 aromatic heterocycles. The van der Waals surface area contributed by atoms with E-state index in [9.17, 15) is 20.3 Å². The molecule has 0 aliphatic rings. The molecule has 0 heterocycles. The molecule has 0 saturated heterocycles. The maximum Gasteiger partial charge on any atom is 0.311 e. The Morgan fingerprint density at radius 3 is 2.27 bits per heavy atom. The molecule has 8 heteroatoms. The molecule has 0 aliphatic heterocycles. The van der Waals surface area contributed by atoms with E-state index in [1.807, 2.05) is 0 Å². The highest BCUT2D eigenvalue weighted by atomic mass is 79.9. The molecule has 22 heavy (non-hydrogen) atoms. The zero-order chi connectivity index (χ0) is 16.4. The van der Waals surface area contributed by atoms with E-state index in [4.69, 9.17) is 0 Å². The summed E-state index contributed by atoms with van der Waals surface area (Å²) in [5.74, 6) is -0.385. The minimum Gasteiger partial charge on any atom is -0.506 e. The lowest BCUT2D eigenvalue weighted by atomic mass is 10.1.